The number of hydrogen-bond donors (Lipinski definition) is 2. The minimum Gasteiger partial charge on any atom is -0.433 e. The molecule has 1 aromatic carbocycles. The molecule has 0 aliphatic carbocycles. The highest BCUT2D eigenvalue weighted by atomic mass is 35.5. The zero-order valence-corrected chi connectivity index (χ0v) is 11.4. The van der Waals surface area contributed by atoms with Crippen LogP contribution in [0.3, 0.4) is 0 Å². The first-order valence-electron chi connectivity index (χ1n) is 5.27. The number of carbonyl (C=O) groups excluding carboxylic acids is 1. The molecular weight excluding hydrogens is 301 g/mol. The van der Waals surface area contributed by atoms with Gasteiger partial charge < -0.3 is 15.8 Å². The van der Waals surface area contributed by atoms with Crippen molar-refractivity contribution in [3.63, 3.8) is 0 Å². The van der Waals surface area contributed by atoms with Gasteiger partial charge in [-0.2, -0.15) is 8.78 Å². The minimum absolute atomic E-state index is 0. The van der Waals surface area contributed by atoms with Crippen LogP contribution in [-0.2, 0) is 4.79 Å². The Morgan fingerprint density at radius 3 is 2.68 bits per heavy atom. The second-order valence-electron chi connectivity index (χ2n) is 3.46. The lowest BCUT2D eigenvalue weighted by Gasteiger charge is -2.09. The maximum absolute atomic E-state index is 12.0. The molecule has 108 valence electrons. The van der Waals surface area contributed by atoms with Crippen molar-refractivity contribution >= 4 is 35.6 Å². The summed E-state index contributed by atoms with van der Waals surface area (Å²) in [5.74, 6) is -0.342. The summed E-state index contributed by atoms with van der Waals surface area (Å²) in [7, 11) is 0. The molecule has 0 aliphatic rings. The molecule has 19 heavy (non-hydrogen) atoms. The van der Waals surface area contributed by atoms with Gasteiger partial charge in [0.1, 0.15) is 5.75 Å². The fourth-order valence-corrected chi connectivity index (χ4v) is 1.48. The van der Waals surface area contributed by atoms with E-state index in [0.29, 0.717) is 25.1 Å². The van der Waals surface area contributed by atoms with Crippen LogP contribution in [0.4, 0.5) is 14.5 Å². The highest BCUT2D eigenvalue weighted by molar-refractivity contribution is 6.32. The molecule has 8 heteroatoms. The Balaban J connectivity index is 0.00000324. The summed E-state index contributed by atoms with van der Waals surface area (Å²) < 4.78 is 28.2. The molecule has 0 aliphatic heterocycles. The normalized spacial score (nSPS) is 9.95. The fourth-order valence-electron chi connectivity index (χ4n) is 1.26. The van der Waals surface area contributed by atoms with Crippen LogP contribution in [0.2, 0.25) is 5.02 Å². The summed E-state index contributed by atoms with van der Waals surface area (Å²) >= 11 is 5.73. The van der Waals surface area contributed by atoms with Crippen LogP contribution >= 0.6 is 24.0 Å². The van der Waals surface area contributed by atoms with E-state index < -0.39 is 6.61 Å². The van der Waals surface area contributed by atoms with Crippen molar-refractivity contribution in [3.05, 3.63) is 23.2 Å². The summed E-state index contributed by atoms with van der Waals surface area (Å²) in [5.41, 5.74) is 5.69. The van der Waals surface area contributed by atoms with Crippen LogP contribution in [0, 0.1) is 0 Å². The lowest BCUT2D eigenvalue weighted by molar-refractivity contribution is -0.116. The molecule has 0 aromatic heterocycles. The molecule has 0 heterocycles. The highest BCUT2D eigenvalue weighted by Gasteiger charge is 2.10. The third kappa shape index (κ3) is 6.56. The largest absolute Gasteiger partial charge is 0.433 e. The van der Waals surface area contributed by atoms with Crippen LogP contribution in [0.5, 0.6) is 5.75 Å². The molecule has 0 bridgehead atoms. The Bertz CT molecular complexity index is 420. The van der Waals surface area contributed by atoms with E-state index in [4.69, 9.17) is 17.3 Å². The molecule has 1 amide bonds. The van der Waals surface area contributed by atoms with Crippen LogP contribution in [-0.4, -0.2) is 19.1 Å². The molecule has 0 saturated carbocycles. The van der Waals surface area contributed by atoms with Crippen molar-refractivity contribution in [1.82, 2.24) is 0 Å². The summed E-state index contributed by atoms with van der Waals surface area (Å²) in [4.78, 5) is 11.4. The molecule has 0 atom stereocenters. The zero-order valence-electron chi connectivity index (χ0n) is 9.87. The maximum Gasteiger partial charge on any atom is 0.387 e. The van der Waals surface area contributed by atoms with Gasteiger partial charge in [0.25, 0.3) is 0 Å². The van der Waals surface area contributed by atoms with Crippen LogP contribution in [0.1, 0.15) is 12.8 Å². The maximum atomic E-state index is 12.0. The lowest BCUT2D eigenvalue weighted by Crippen LogP contribution is -2.13. The number of nitrogens with one attached hydrogen (secondary N) is 1. The van der Waals surface area contributed by atoms with E-state index in [1.807, 2.05) is 0 Å². The van der Waals surface area contributed by atoms with Gasteiger partial charge in [0.2, 0.25) is 5.91 Å². The zero-order chi connectivity index (χ0) is 13.5. The highest BCUT2D eigenvalue weighted by Crippen LogP contribution is 2.28. The topological polar surface area (TPSA) is 64.4 Å². The van der Waals surface area contributed by atoms with Crippen molar-refractivity contribution in [2.45, 2.75) is 19.5 Å². The van der Waals surface area contributed by atoms with Crippen LogP contribution in [0.15, 0.2) is 18.2 Å². The summed E-state index contributed by atoms with van der Waals surface area (Å²) in [6.07, 6.45) is 0.871. The van der Waals surface area contributed by atoms with Crippen LogP contribution < -0.4 is 15.8 Å². The summed E-state index contributed by atoms with van der Waals surface area (Å²) in [5, 5.41) is 2.58. The van der Waals surface area contributed by atoms with E-state index in [9.17, 15) is 13.6 Å². The number of nitrogens with two attached hydrogens (primary N) is 1. The van der Waals surface area contributed by atoms with Gasteiger partial charge in [-0.25, -0.2) is 0 Å². The van der Waals surface area contributed by atoms with E-state index in [1.54, 1.807) is 0 Å². The first-order valence-corrected chi connectivity index (χ1v) is 5.65. The monoisotopic (exact) mass is 314 g/mol. The average molecular weight is 315 g/mol. The van der Waals surface area contributed by atoms with E-state index in [0.717, 1.165) is 0 Å². The number of amides is 1. The Labute approximate surface area is 120 Å². The molecule has 0 saturated heterocycles. The van der Waals surface area contributed by atoms with Gasteiger partial charge in [-0.3, -0.25) is 4.79 Å². The van der Waals surface area contributed by atoms with Gasteiger partial charge in [0.05, 0.1) is 5.02 Å². The third-order valence-corrected chi connectivity index (χ3v) is 2.34. The molecule has 1 rings (SSSR count). The number of hydrogen-bond acceptors (Lipinski definition) is 3. The number of anilines is 1. The number of alkyl halides is 2. The molecule has 4 nitrogen and oxygen atoms in total. The molecule has 0 spiro atoms. The van der Waals surface area contributed by atoms with Gasteiger partial charge >= 0.3 is 6.61 Å². The molecule has 1 aromatic rings. The van der Waals surface area contributed by atoms with Gasteiger partial charge in [-0.1, -0.05) is 11.6 Å². The van der Waals surface area contributed by atoms with E-state index >= 15 is 0 Å². The molecule has 0 unspecified atom stereocenters. The molecule has 3 N–H and O–H groups in total. The van der Waals surface area contributed by atoms with Gasteiger partial charge in [0, 0.05) is 12.1 Å². The average Bonchev–Trinajstić information content (AvgIpc) is 2.29. The second-order valence-corrected chi connectivity index (χ2v) is 3.87. The second kappa shape index (κ2) is 8.90. The van der Waals surface area contributed by atoms with Gasteiger partial charge in [-0.05, 0) is 31.2 Å². The lowest BCUT2D eigenvalue weighted by atomic mass is 10.2. The van der Waals surface area contributed by atoms with E-state index in [1.165, 1.54) is 18.2 Å². The quantitative estimate of drug-likeness (QED) is 0.848. The summed E-state index contributed by atoms with van der Waals surface area (Å²) in [6, 6.07) is 4.05. The van der Waals surface area contributed by atoms with Crippen molar-refractivity contribution in [2.24, 2.45) is 5.73 Å². The minimum atomic E-state index is -2.94. The Kier molecular flexibility index (Phi) is 8.38. The van der Waals surface area contributed by atoms with Crippen molar-refractivity contribution in [1.29, 1.82) is 0 Å². The molecule has 0 fully saturated rings. The van der Waals surface area contributed by atoms with Crippen molar-refractivity contribution < 1.29 is 18.3 Å². The Morgan fingerprint density at radius 2 is 2.16 bits per heavy atom. The first kappa shape index (κ1) is 17.9. The Hall–Kier alpha value is -1.11. The van der Waals surface area contributed by atoms with Gasteiger partial charge in [-0.15, -0.1) is 12.4 Å². The van der Waals surface area contributed by atoms with Crippen molar-refractivity contribution in [2.75, 3.05) is 11.9 Å². The van der Waals surface area contributed by atoms with E-state index in [2.05, 4.69) is 10.1 Å². The number of ether oxygens (including phenoxy) is 1. The number of benzene rings is 1. The summed E-state index contributed by atoms with van der Waals surface area (Å²) in [6.45, 7) is -2.51. The number of halogens is 4. The smallest absolute Gasteiger partial charge is 0.387 e. The molecular formula is C11H14Cl2F2N2O2. The molecule has 0 radical (unpaired) electrons. The number of rotatable bonds is 6. The van der Waals surface area contributed by atoms with E-state index in [-0.39, 0.29) is 29.1 Å². The third-order valence-electron chi connectivity index (χ3n) is 2.04. The van der Waals surface area contributed by atoms with Gasteiger partial charge in [0.15, 0.2) is 0 Å². The first-order chi connectivity index (χ1) is 8.52. The van der Waals surface area contributed by atoms with Crippen molar-refractivity contribution in [3.8, 4) is 5.75 Å². The SMILES string of the molecule is Cl.NCCCC(=O)Nc1ccc(OC(F)F)c(Cl)c1. The van der Waals surface area contributed by atoms with Crippen LogP contribution in [0.25, 0.3) is 0 Å². The standard InChI is InChI=1S/C11H13ClF2N2O2.ClH/c12-8-6-7(16-10(17)2-1-5-15)3-4-9(8)18-11(13)14;/h3-4,6,11H,1-2,5,15H2,(H,16,17);1H. The Morgan fingerprint density at radius 1 is 1.47 bits per heavy atom. The number of carbonyl (C=O) groups is 1. The fraction of sp³-hybridized carbons (Fsp3) is 0.364. The predicted octanol–water partition coefficient (Wildman–Crippen LogP) is 3.04. The predicted molar refractivity (Wildman–Crippen MR) is 72.3 cm³/mol.